The van der Waals surface area contributed by atoms with E-state index in [0.717, 1.165) is 18.7 Å². The lowest BCUT2D eigenvalue weighted by Gasteiger charge is -2.13. The molecule has 0 aliphatic carbocycles. The third kappa shape index (κ3) is 1.77. The molecule has 0 bridgehead atoms. The third-order valence-electron chi connectivity index (χ3n) is 1.54. The van der Waals surface area contributed by atoms with Crippen molar-refractivity contribution in [2.45, 2.75) is 25.4 Å². The van der Waals surface area contributed by atoms with Gasteiger partial charge >= 0.3 is 0 Å². The van der Waals surface area contributed by atoms with Crippen molar-refractivity contribution < 1.29 is 0 Å². The second-order valence-electron chi connectivity index (χ2n) is 2.36. The number of nitrogens with zero attached hydrogens (tertiary/aromatic N) is 1. The van der Waals surface area contributed by atoms with Gasteiger partial charge in [0.15, 0.2) is 0 Å². The summed E-state index contributed by atoms with van der Waals surface area (Å²) in [7, 11) is 0. The van der Waals surface area contributed by atoms with Crippen LogP contribution in [0.25, 0.3) is 0 Å². The second-order valence-corrected chi connectivity index (χ2v) is 2.36. The van der Waals surface area contributed by atoms with Crippen LogP contribution in [-0.4, -0.2) is 18.4 Å². The SMILES string of the molecule is NC(N)C1=NCCCC1. The zero-order chi connectivity index (χ0) is 6.69. The summed E-state index contributed by atoms with van der Waals surface area (Å²) < 4.78 is 0. The van der Waals surface area contributed by atoms with Gasteiger partial charge in [-0.1, -0.05) is 0 Å². The van der Waals surface area contributed by atoms with Crippen molar-refractivity contribution in [1.29, 1.82) is 0 Å². The molecule has 4 N–H and O–H groups in total. The van der Waals surface area contributed by atoms with E-state index < -0.39 is 0 Å². The Labute approximate surface area is 55.1 Å². The minimum atomic E-state index is -0.315. The molecule has 1 aliphatic heterocycles. The molecule has 0 saturated heterocycles. The topological polar surface area (TPSA) is 64.4 Å². The minimum Gasteiger partial charge on any atom is -0.311 e. The van der Waals surface area contributed by atoms with E-state index in [1.54, 1.807) is 0 Å². The summed E-state index contributed by atoms with van der Waals surface area (Å²) in [6.07, 6.45) is 3.07. The van der Waals surface area contributed by atoms with Crippen LogP contribution in [0, 0.1) is 0 Å². The Morgan fingerprint density at radius 1 is 1.33 bits per heavy atom. The van der Waals surface area contributed by atoms with Gasteiger partial charge in [-0.2, -0.15) is 0 Å². The van der Waals surface area contributed by atoms with Gasteiger partial charge in [0.1, 0.15) is 0 Å². The highest BCUT2D eigenvalue weighted by Crippen LogP contribution is 2.05. The molecule has 1 aliphatic rings. The number of hydrogen-bond acceptors (Lipinski definition) is 3. The van der Waals surface area contributed by atoms with Crippen LogP contribution in [0.3, 0.4) is 0 Å². The van der Waals surface area contributed by atoms with Crippen LogP contribution in [0.1, 0.15) is 19.3 Å². The average Bonchev–Trinajstić information content (AvgIpc) is 1.90. The van der Waals surface area contributed by atoms with Gasteiger partial charge in [0.2, 0.25) is 0 Å². The van der Waals surface area contributed by atoms with Gasteiger partial charge in [-0.05, 0) is 19.3 Å². The van der Waals surface area contributed by atoms with E-state index in [0.29, 0.717) is 0 Å². The molecule has 0 atom stereocenters. The second kappa shape index (κ2) is 2.94. The summed E-state index contributed by atoms with van der Waals surface area (Å²) in [5.41, 5.74) is 11.8. The lowest BCUT2D eigenvalue weighted by Crippen LogP contribution is -2.40. The Balaban J connectivity index is 2.46. The Bertz CT molecular complexity index is 117. The first-order valence-corrected chi connectivity index (χ1v) is 3.35. The van der Waals surface area contributed by atoms with E-state index in [1.807, 2.05) is 0 Å². The number of nitrogens with two attached hydrogens (primary N) is 2. The minimum absolute atomic E-state index is 0.315. The van der Waals surface area contributed by atoms with E-state index >= 15 is 0 Å². The van der Waals surface area contributed by atoms with Gasteiger partial charge in [-0.3, -0.25) is 4.99 Å². The molecular formula is C6H13N3. The van der Waals surface area contributed by atoms with Crippen LogP contribution < -0.4 is 11.5 Å². The molecule has 0 aromatic heterocycles. The fraction of sp³-hybridized carbons (Fsp3) is 0.833. The predicted octanol–water partition coefficient (Wildman–Crippen LogP) is -0.145. The molecule has 0 amide bonds. The summed E-state index contributed by atoms with van der Waals surface area (Å²) in [4.78, 5) is 4.20. The first-order chi connectivity index (χ1) is 4.30. The van der Waals surface area contributed by atoms with Crippen molar-refractivity contribution in [3.05, 3.63) is 0 Å². The van der Waals surface area contributed by atoms with Gasteiger partial charge in [0.05, 0.1) is 6.17 Å². The monoisotopic (exact) mass is 127 g/mol. The Morgan fingerprint density at radius 3 is 2.44 bits per heavy atom. The van der Waals surface area contributed by atoms with E-state index in [4.69, 9.17) is 11.5 Å². The zero-order valence-corrected chi connectivity index (χ0v) is 5.51. The molecule has 9 heavy (non-hydrogen) atoms. The van der Waals surface area contributed by atoms with Gasteiger partial charge in [-0.15, -0.1) is 0 Å². The van der Waals surface area contributed by atoms with Gasteiger partial charge in [-0.25, -0.2) is 0 Å². The molecule has 3 nitrogen and oxygen atoms in total. The molecule has 0 spiro atoms. The molecule has 0 radical (unpaired) electrons. The van der Waals surface area contributed by atoms with E-state index in [2.05, 4.69) is 4.99 Å². The van der Waals surface area contributed by atoms with Crippen molar-refractivity contribution in [2.75, 3.05) is 6.54 Å². The normalized spacial score (nSPS) is 20.1. The number of hydrogen-bond donors (Lipinski definition) is 2. The van der Waals surface area contributed by atoms with Gasteiger partial charge in [0, 0.05) is 12.3 Å². The van der Waals surface area contributed by atoms with Crippen molar-refractivity contribution >= 4 is 5.71 Å². The molecule has 52 valence electrons. The molecule has 1 heterocycles. The average molecular weight is 127 g/mol. The van der Waals surface area contributed by atoms with Crippen LogP contribution in [0.2, 0.25) is 0 Å². The number of rotatable bonds is 1. The van der Waals surface area contributed by atoms with E-state index in [-0.39, 0.29) is 6.17 Å². The first-order valence-electron chi connectivity index (χ1n) is 3.35. The molecule has 3 heteroatoms. The summed E-state index contributed by atoms with van der Waals surface area (Å²) in [6.45, 7) is 0.917. The highest BCUT2D eigenvalue weighted by Gasteiger charge is 2.08. The highest BCUT2D eigenvalue weighted by molar-refractivity contribution is 5.89. The van der Waals surface area contributed by atoms with Crippen molar-refractivity contribution in [2.24, 2.45) is 16.5 Å². The Kier molecular flexibility index (Phi) is 2.19. The molecule has 1 rings (SSSR count). The smallest absolute Gasteiger partial charge is 0.0915 e. The van der Waals surface area contributed by atoms with Gasteiger partial charge in [0.25, 0.3) is 0 Å². The van der Waals surface area contributed by atoms with Gasteiger partial charge < -0.3 is 11.5 Å². The zero-order valence-electron chi connectivity index (χ0n) is 5.51. The van der Waals surface area contributed by atoms with Crippen LogP contribution in [-0.2, 0) is 0 Å². The summed E-state index contributed by atoms with van der Waals surface area (Å²) >= 11 is 0. The molecule has 0 aromatic carbocycles. The predicted molar refractivity (Wildman–Crippen MR) is 38.3 cm³/mol. The lowest BCUT2D eigenvalue weighted by molar-refractivity contribution is 0.708. The fourth-order valence-corrected chi connectivity index (χ4v) is 0.992. The van der Waals surface area contributed by atoms with Crippen LogP contribution >= 0.6 is 0 Å². The highest BCUT2D eigenvalue weighted by atomic mass is 14.9. The lowest BCUT2D eigenvalue weighted by atomic mass is 10.1. The first kappa shape index (κ1) is 6.71. The van der Waals surface area contributed by atoms with Crippen molar-refractivity contribution in [3.8, 4) is 0 Å². The molecule has 0 saturated carbocycles. The van der Waals surface area contributed by atoms with Crippen LogP contribution in [0.15, 0.2) is 4.99 Å². The fourth-order valence-electron chi connectivity index (χ4n) is 0.992. The van der Waals surface area contributed by atoms with Crippen LogP contribution in [0.5, 0.6) is 0 Å². The Hall–Kier alpha value is -0.410. The van der Waals surface area contributed by atoms with E-state index in [9.17, 15) is 0 Å². The standard InChI is InChI=1S/C6H13N3/c7-6(8)5-3-1-2-4-9-5/h6H,1-4,7-8H2. The number of aliphatic imine (C=N–C) groups is 1. The van der Waals surface area contributed by atoms with E-state index in [1.165, 1.54) is 12.8 Å². The molecule has 0 fully saturated rings. The molecule has 0 unspecified atom stereocenters. The van der Waals surface area contributed by atoms with Crippen LogP contribution in [0.4, 0.5) is 0 Å². The molecule has 0 aromatic rings. The maximum absolute atomic E-state index is 5.41. The maximum Gasteiger partial charge on any atom is 0.0915 e. The maximum atomic E-state index is 5.41. The molecular weight excluding hydrogens is 114 g/mol. The summed E-state index contributed by atoms with van der Waals surface area (Å²) in [6, 6.07) is 0. The quantitative estimate of drug-likeness (QED) is 0.481. The summed E-state index contributed by atoms with van der Waals surface area (Å²) in [5, 5.41) is 0. The Morgan fingerprint density at radius 2 is 2.11 bits per heavy atom. The van der Waals surface area contributed by atoms with Crippen molar-refractivity contribution in [3.63, 3.8) is 0 Å². The largest absolute Gasteiger partial charge is 0.311 e. The van der Waals surface area contributed by atoms with Crippen molar-refractivity contribution in [1.82, 2.24) is 0 Å². The third-order valence-corrected chi connectivity index (χ3v) is 1.54. The summed E-state index contributed by atoms with van der Waals surface area (Å²) in [5.74, 6) is 0.